The van der Waals surface area contributed by atoms with E-state index in [1.165, 1.54) is 12.3 Å². The highest BCUT2D eigenvalue weighted by atomic mass is 32.2. The normalized spacial score (nSPS) is 11.5. The molecule has 0 aliphatic carbocycles. The van der Waals surface area contributed by atoms with E-state index in [2.05, 4.69) is 10.3 Å². The summed E-state index contributed by atoms with van der Waals surface area (Å²) < 4.78 is 23.2. The Labute approximate surface area is 107 Å². The van der Waals surface area contributed by atoms with Gasteiger partial charge in [-0.1, -0.05) is 13.8 Å². The van der Waals surface area contributed by atoms with E-state index in [-0.39, 0.29) is 11.7 Å². The van der Waals surface area contributed by atoms with Crippen LogP contribution in [-0.2, 0) is 14.6 Å². The number of nitrogens with one attached hydrogen (secondary N) is 1. The van der Waals surface area contributed by atoms with Crippen molar-refractivity contribution in [3.63, 3.8) is 0 Å². The second-order valence-corrected chi connectivity index (χ2v) is 6.58. The van der Waals surface area contributed by atoms with Crippen LogP contribution in [0, 0.1) is 5.92 Å². The van der Waals surface area contributed by atoms with Gasteiger partial charge >= 0.3 is 0 Å². The summed E-state index contributed by atoms with van der Waals surface area (Å²) in [5, 5.41) is 2.46. The monoisotopic (exact) mass is 271 g/mol. The zero-order chi connectivity index (χ0) is 13.8. The zero-order valence-corrected chi connectivity index (χ0v) is 11.2. The maximum atomic E-state index is 11.6. The van der Waals surface area contributed by atoms with Crippen LogP contribution in [0.15, 0.2) is 18.3 Å². The van der Waals surface area contributed by atoms with Gasteiger partial charge in [-0.05, 0) is 18.1 Å². The third kappa shape index (κ3) is 5.13. The highest BCUT2D eigenvalue weighted by Crippen LogP contribution is 2.08. The molecular weight excluding hydrogens is 254 g/mol. The predicted octanol–water partition coefficient (Wildman–Crippen LogP) is 0.673. The standard InChI is InChI=1S/C11H17N3O3S/c1-8(2)6-18(16,17)7-11(15)14-9-3-4-10(12)13-5-9/h3-5,8H,6-7H2,1-2H3,(H2,12,13)(H,14,15). The van der Waals surface area contributed by atoms with Gasteiger partial charge in [-0.3, -0.25) is 4.79 Å². The quantitative estimate of drug-likeness (QED) is 0.819. The van der Waals surface area contributed by atoms with Gasteiger partial charge < -0.3 is 11.1 Å². The molecule has 0 radical (unpaired) electrons. The Morgan fingerprint density at radius 3 is 2.61 bits per heavy atom. The highest BCUT2D eigenvalue weighted by Gasteiger charge is 2.18. The minimum absolute atomic E-state index is 0.000405. The van der Waals surface area contributed by atoms with E-state index >= 15 is 0 Å². The minimum Gasteiger partial charge on any atom is -0.384 e. The number of aromatic nitrogens is 1. The number of sulfone groups is 1. The third-order valence-electron chi connectivity index (χ3n) is 2.01. The number of rotatable bonds is 5. The van der Waals surface area contributed by atoms with Crippen LogP contribution in [0.2, 0.25) is 0 Å². The molecule has 1 heterocycles. The molecule has 1 aromatic heterocycles. The second kappa shape index (κ2) is 5.81. The van der Waals surface area contributed by atoms with Crippen LogP contribution < -0.4 is 11.1 Å². The highest BCUT2D eigenvalue weighted by molar-refractivity contribution is 7.92. The number of nitrogens with two attached hydrogens (primary N) is 1. The molecule has 0 aliphatic heterocycles. The van der Waals surface area contributed by atoms with E-state index < -0.39 is 21.5 Å². The topological polar surface area (TPSA) is 102 Å². The first-order valence-corrected chi connectivity index (χ1v) is 7.32. The molecule has 1 rings (SSSR count). The Bertz CT molecular complexity index is 509. The summed E-state index contributed by atoms with van der Waals surface area (Å²) in [5.41, 5.74) is 5.82. The number of pyridine rings is 1. The Morgan fingerprint density at radius 1 is 1.44 bits per heavy atom. The SMILES string of the molecule is CC(C)CS(=O)(=O)CC(=O)Nc1ccc(N)nc1. The van der Waals surface area contributed by atoms with Gasteiger partial charge in [0.15, 0.2) is 9.84 Å². The van der Waals surface area contributed by atoms with E-state index in [9.17, 15) is 13.2 Å². The molecule has 0 aromatic carbocycles. The largest absolute Gasteiger partial charge is 0.384 e. The van der Waals surface area contributed by atoms with Gasteiger partial charge in [0.1, 0.15) is 11.6 Å². The average molecular weight is 271 g/mol. The maximum absolute atomic E-state index is 11.6. The van der Waals surface area contributed by atoms with Gasteiger partial charge in [0.2, 0.25) is 5.91 Å². The lowest BCUT2D eigenvalue weighted by atomic mass is 10.3. The van der Waals surface area contributed by atoms with Crippen molar-refractivity contribution < 1.29 is 13.2 Å². The maximum Gasteiger partial charge on any atom is 0.239 e. The smallest absolute Gasteiger partial charge is 0.239 e. The van der Waals surface area contributed by atoms with Crippen LogP contribution in [-0.4, -0.2) is 30.8 Å². The van der Waals surface area contributed by atoms with Crippen molar-refractivity contribution in [2.45, 2.75) is 13.8 Å². The van der Waals surface area contributed by atoms with Crippen molar-refractivity contribution in [2.24, 2.45) is 5.92 Å². The fraction of sp³-hybridized carbons (Fsp3) is 0.455. The molecular formula is C11H17N3O3S. The summed E-state index contributed by atoms with van der Waals surface area (Å²) in [4.78, 5) is 15.3. The second-order valence-electron chi connectivity index (χ2n) is 4.47. The fourth-order valence-corrected chi connectivity index (χ4v) is 3.05. The van der Waals surface area contributed by atoms with Crippen LogP contribution in [0.1, 0.15) is 13.8 Å². The zero-order valence-electron chi connectivity index (χ0n) is 10.4. The van der Waals surface area contributed by atoms with Crippen molar-refractivity contribution in [2.75, 3.05) is 22.6 Å². The van der Waals surface area contributed by atoms with Gasteiger partial charge in [-0.2, -0.15) is 0 Å². The van der Waals surface area contributed by atoms with Crippen molar-refractivity contribution in [1.82, 2.24) is 4.98 Å². The van der Waals surface area contributed by atoms with Gasteiger partial charge in [0, 0.05) is 0 Å². The molecule has 0 saturated heterocycles. The third-order valence-corrected chi connectivity index (χ3v) is 3.88. The molecule has 0 aliphatic rings. The van der Waals surface area contributed by atoms with Crippen LogP contribution in [0.3, 0.4) is 0 Å². The van der Waals surface area contributed by atoms with Crippen molar-refractivity contribution in [3.05, 3.63) is 18.3 Å². The molecule has 0 bridgehead atoms. The molecule has 0 unspecified atom stereocenters. The first-order chi connectivity index (χ1) is 8.28. The molecule has 18 heavy (non-hydrogen) atoms. The molecule has 100 valence electrons. The number of nitrogen functional groups attached to an aromatic ring is 1. The Balaban J connectivity index is 2.59. The number of carbonyl (C=O) groups excluding carboxylic acids is 1. The molecule has 0 saturated carbocycles. The molecule has 7 heteroatoms. The van der Waals surface area contributed by atoms with Crippen LogP contribution in [0.4, 0.5) is 11.5 Å². The van der Waals surface area contributed by atoms with E-state index in [1.54, 1.807) is 19.9 Å². The molecule has 0 fully saturated rings. The fourth-order valence-electron chi connectivity index (χ4n) is 1.44. The van der Waals surface area contributed by atoms with Gasteiger partial charge in [0.05, 0.1) is 17.6 Å². The van der Waals surface area contributed by atoms with E-state index in [1.807, 2.05) is 0 Å². The van der Waals surface area contributed by atoms with E-state index in [0.717, 1.165) is 0 Å². The Kier molecular flexibility index (Phi) is 4.66. The summed E-state index contributed by atoms with van der Waals surface area (Å²) in [7, 11) is -3.37. The average Bonchev–Trinajstić information content (AvgIpc) is 2.18. The summed E-state index contributed by atoms with van der Waals surface area (Å²) in [6.45, 7) is 3.58. The minimum atomic E-state index is -3.37. The van der Waals surface area contributed by atoms with Gasteiger partial charge in [0.25, 0.3) is 0 Å². The Hall–Kier alpha value is -1.63. The lowest BCUT2D eigenvalue weighted by molar-refractivity contribution is -0.113. The first kappa shape index (κ1) is 14.4. The van der Waals surface area contributed by atoms with Gasteiger partial charge in [-0.15, -0.1) is 0 Å². The Morgan fingerprint density at radius 2 is 2.11 bits per heavy atom. The van der Waals surface area contributed by atoms with Crippen molar-refractivity contribution in [1.29, 1.82) is 0 Å². The number of hydrogen-bond donors (Lipinski definition) is 2. The molecule has 1 amide bonds. The number of hydrogen-bond acceptors (Lipinski definition) is 5. The number of amides is 1. The van der Waals surface area contributed by atoms with Crippen molar-refractivity contribution >= 4 is 27.2 Å². The molecule has 1 aromatic rings. The molecule has 6 nitrogen and oxygen atoms in total. The molecule has 0 atom stereocenters. The van der Waals surface area contributed by atoms with Gasteiger partial charge in [-0.25, -0.2) is 13.4 Å². The van der Waals surface area contributed by atoms with Crippen molar-refractivity contribution in [3.8, 4) is 0 Å². The van der Waals surface area contributed by atoms with E-state index in [4.69, 9.17) is 5.73 Å². The molecule has 3 N–H and O–H groups in total. The van der Waals surface area contributed by atoms with Crippen LogP contribution >= 0.6 is 0 Å². The lowest BCUT2D eigenvalue weighted by Crippen LogP contribution is -2.26. The van der Waals surface area contributed by atoms with Crippen LogP contribution in [0.25, 0.3) is 0 Å². The summed E-state index contributed by atoms with van der Waals surface area (Å²) in [6, 6.07) is 3.09. The predicted molar refractivity (Wildman–Crippen MR) is 70.8 cm³/mol. The summed E-state index contributed by atoms with van der Waals surface area (Å²) >= 11 is 0. The summed E-state index contributed by atoms with van der Waals surface area (Å²) in [5.74, 6) is -0.751. The first-order valence-electron chi connectivity index (χ1n) is 5.50. The number of nitrogens with zero attached hydrogens (tertiary/aromatic N) is 1. The molecule has 0 spiro atoms. The number of carbonyl (C=O) groups is 1. The van der Waals surface area contributed by atoms with E-state index in [0.29, 0.717) is 11.5 Å². The summed E-state index contributed by atoms with van der Waals surface area (Å²) in [6.07, 6.45) is 1.38. The lowest BCUT2D eigenvalue weighted by Gasteiger charge is -2.07. The number of anilines is 2. The van der Waals surface area contributed by atoms with Crippen LogP contribution in [0.5, 0.6) is 0 Å².